The van der Waals surface area contributed by atoms with Crippen LogP contribution in [0.4, 0.5) is 5.95 Å². The first-order chi connectivity index (χ1) is 12.2. The molecule has 1 amide bonds. The van der Waals surface area contributed by atoms with Crippen LogP contribution in [0.15, 0.2) is 43.4 Å². The Kier molecular flexibility index (Phi) is 5.72. The number of pyridine rings is 1. The van der Waals surface area contributed by atoms with Crippen molar-refractivity contribution in [2.24, 2.45) is 0 Å². The van der Waals surface area contributed by atoms with Crippen molar-refractivity contribution in [1.82, 2.24) is 20.3 Å². The summed E-state index contributed by atoms with van der Waals surface area (Å²) >= 11 is 0. The molecule has 1 aliphatic carbocycles. The number of hydrogen-bond acceptors (Lipinski definition) is 5. The number of rotatable bonds is 6. The number of nitrogens with zero attached hydrogens (tertiary/aromatic N) is 3. The van der Waals surface area contributed by atoms with E-state index in [1.807, 2.05) is 12.1 Å². The molecule has 2 aromatic heterocycles. The Morgan fingerprint density at radius 1 is 1.12 bits per heavy atom. The smallest absolute Gasteiger partial charge is 0.243 e. The average Bonchev–Trinajstić information content (AvgIpc) is 2.68. The number of carbonyl (C=O) groups is 1. The maximum Gasteiger partial charge on any atom is 0.243 e. The van der Waals surface area contributed by atoms with Gasteiger partial charge >= 0.3 is 0 Å². The summed E-state index contributed by atoms with van der Waals surface area (Å²) in [5, 5.41) is 6.13. The van der Waals surface area contributed by atoms with E-state index < -0.39 is 0 Å². The van der Waals surface area contributed by atoms with Gasteiger partial charge in [0.25, 0.3) is 0 Å². The zero-order chi connectivity index (χ0) is 17.5. The van der Waals surface area contributed by atoms with Gasteiger partial charge < -0.3 is 10.6 Å². The molecule has 0 spiro atoms. The van der Waals surface area contributed by atoms with E-state index in [9.17, 15) is 4.79 Å². The molecule has 0 radical (unpaired) electrons. The van der Waals surface area contributed by atoms with Crippen LogP contribution in [0.1, 0.15) is 37.7 Å². The van der Waals surface area contributed by atoms with E-state index >= 15 is 0 Å². The largest absolute Gasteiger partial charge is 0.351 e. The standard InChI is InChI=1S/C19H23N5O/c1-2-18(25)21-11-14-8-9-17(20-10-14)15-12-22-19(23-13-15)24-16-6-4-3-5-7-16/h2,8-10,12-13,16H,1,3-7,11H2,(H,21,25)(H,22,23,24). The van der Waals surface area contributed by atoms with Gasteiger partial charge in [-0.15, -0.1) is 0 Å². The van der Waals surface area contributed by atoms with Gasteiger partial charge in [-0.3, -0.25) is 9.78 Å². The fourth-order valence-corrected chi connectivity index (χ4v) is 2.93. The van der Waals surface area contributed by atoms with E-state index in [0.29, 0.717) is 18.5 Å². The minimum absolute atomic E-state index is 0.196. The Labute approximate surface area is 147 Å². The minimum Gasteiger partial charge on any atom is -0.351 e. The normalized spacial score (nSPS) is 14.7. The number of aromatic nitrogens is 3. The Hall–Kier alpha value is -2.76. The second-order valence-corrected chi connectivity index (χ2v) is 6.25. The molecule has 2 heterocycles. The molecule has 0 atom stereocenters. The molecule has 0 bridgehead atoms. The van der Waals surface area contributed by atoms with E-state index in [1.54, 1.807) is 18.6 Å². The van der Waals surface area contributed by atoms with Crippen LogP contribution in [0.3, 0.4) is 0 Å². The first kappa shape index (κ1) is 17.1. The number of nitrogens with one attached hydrogen (secondary N) is 2. The predicted octanol–water partition coefficient (Wildman–Crippen LogP) is 3.09. The molecule has 130 valence electrons. The van der Waals surface area contributed by atoms with Gasteiger partial charge in [-0.25, -0.2) is 9.97 Å². The quantitative estimate of drug-likeness (QED) is 0.792. The molecule has 6 nitrogen and oxygen atoms in total. The molecule has 1 saturated carbocycles. The van der Waals surface area contributed by atoms with Crippen molar-refractivity contribution < 1.29 is 4.79 Å². The van der Waals surface area contributed by atoms with Crippen LogP contribution in [0, 0.1) is 0 Å². The monoisotopic (exact) mass is 337 g/mol. The summed E-state index contributed by atoms with van der Waals surface area (Å²) in [6.45, 7) is 3.85. The molecular weight excluding hydrogens is 314 g/mol. The van der Waals surface area contributed by atoms with Crippen molar-refractivity contribution in [3.8, 4) is 11.3 Å². The van der Waals surface area contributed by atoms with Gasteiger partial charge in [0, 0.05) is 36.7 Å². The molecular formula is C19H23N5O. The molecule has 0 unspecified atom stereocenters. The fourth-order valence-electron chi connectivity index (χ4n) is 2.93. The van der Waals surface area contributed by atoms with Gasteiger partial charge in [0.2, 0.25) is 11.9 Å². The van der Waals surface area contributed by atoms with E-state index in [4.69, 9.17) is 0 Å². The predicted molar refractivity (Wildman–Crippen MR) is 97.8 cm³/mol. The van der Waals surface area contributed by atoms with Crippen molar-refractivity contribution in [1.29, 1.82) is 0 Å². The zero-order valence-electron chi connectivity index (χ0n) is 14.2. The van der Waals surface area contributed by atoms with Gasteiger partial charge in [0.1, 0.15) is 0 Å². The van der Waals surface area contributed by atoms with Crippen molar-refractivity contribution in [3.05, 3.63) is 48.9 Å². The van der Waals surface area contributed by atoms with Crippen LogP contribution in [0.2, 0.25) is 0 Å². The molecule has 1 fully saturated rings. The third kappa shape index (κ3) is 4.86. The van der Waals surface area contributed by atoms with E-state index in [-0.39, 0.29) is 5.91 Å². The Morgan fingerprint density at radius 2 is 1.88 bits per heavy atom. The maximum absolute atomic E-state index is 11.2. The van der Waals surface area contributed by atoms with Gasteiger partial charge in [-0.05, 0) is 30.5 Å². The number of anilines is 1. The lowest BCUT2D eigenvalue weighted by molar-refractivity contribution is -0.116. The van der Waals surface area contributed by atoms with Crippen LogP contribution >= 0.6 is 0 Å². The number of carbonyl (C=O) groups excluding carboxylic acids is 1. The molecule has 6 heteroatoms. The first-order valence-electron chi connectivity index (χ1n) is 8.69. The molecule has 25 heavy (non-hydrogen) atoms. The van der Waals surface area contributed by atoms with Crippen LogP contribution < -0.4 is 10.6 Å². The molecule has 1 aliphatic rings. The summed E-state index contributed by atoms with van der Waals surface area (Å²) in [7, 11) is 0. The summed E-state index contributed by atoms with van der Waals surface area (Å²) < 4.78 is 0. The van der Waals surface area contributed by atoms with Gasteiger partial charge in [0.05, 0.1) is 5.69 Å². The number of amides is 1. The van der Waals surface area contributed by atoms with E-state index in [1.165, 1.54) is 38.2 Å². The Morgan fingerprint density at radius 3 is 2.52 bits per heavy atom. The van der Waals surface area contributed by atoms with E-state index in [0.717, 1.165) is 16.8 Å². The first-order valence-corrected chi connectivity index (χ1v) is 8.69. The summed E-state index contributed by atoms with van der Waals surface area (Å²) in [6, 6.07) is 4.32. The summed E-state index contributed by atoms with van der Waals surface area (Å²) in [5.74, 6) is 0.484. The molecule has 0 aliphatic heterocycles. The summed E-state index contributed by atoms with van der Waals surface area (Å²) in [5.41, 5.74) is 2.61. The Bertz CT molecular complexity index is 706. The highest BCUT2D eigenvalue weighted by molar-refractivity contribution is 5.86. The zero-order valence-corrected chi connectivity index (χ0v) is 14.2. The highest BCUT2D eigenvalue weighted by Crippen LogP contribution is 2.21. The third-order valence-electron chi connectivity index (χ3n) is 4.36. The van der Waals surface area contributed by atoms with Crippen molar-refractivity contribution >= 4 is 11.9 Å². The lowest BCUT2D eigenvalue weighted by atomic mass is 9.96. The molecule has 0 aromatic carbocycles. The van der Waals surface area contributed by atoms with Crippen LogP contribution in [-0.4, -0.2) is 26.9 Å². The average molecular weight is 337 g/mol. The lowest BCUT2D eigenvalue weighted by Gasteiger charge is -2.22. The summed E-state index contributed by atoms with van der Waals surface area (Å²) in [6.07, 6.45) is 12.8. The van der Waals surface area contributed by atoms with Crippen molar-refractivity contribution in [3.63, 3.8) is 0 Å². The second kappa shape index (κ2) is 8.37. The lowest BCUT2D eigenvalue weighted by Crippen LogP contribution is -2.23. The SMILES string of the molecule is C=CC(=O)NCc1ccc(-c2cnc(NC3CCCCC3)nc2)nc1. The van der Waals surface area contributed by atoms with Crippen molar-refractivity contribution in [2.75, 3.05) is 5.32 Å². The van der Waals surface area contributed by atoms with Gasteiger partial charge in [0.15, 0.2) is 0 Å². The number of hydrogen-bond donors (Lipinski definition) is 2. The second-order valence-electron chi connectivity index (χ2n) is 6.25. The van der Waals surface area contributed by atoms with Crippen LogP contribution in [-0.2, 0) is 11.3 Å². The Balaban J connectivity index is 1.59. The van der Waals surface area contributed by atoms with Crippen LogP contribution in [0.5, 0.6) is 0 Å². The van der Waals surface area contributed by atoms with Crippen molar-refractivity contribution in [2.45, 2.75) is 44.7 Å². The molecule has 2 N–H and O–H groups in total. The third-order valence-corrected chi connectivity index (χ3v) is 4.36. The van der Waals surface area contributed by atoms with Crippen LogP contribution in [0.25, 0.3) is 11.3 Å². The molecule has 0 saturated heterocycles. The topological polar surface area (TPSA) is 79.8 Å². The fraction of sp³-hybridized carbons (Fsp3) is 0.368. The van der Waals surface area contributed by atoms with E-state index in [2.05, 4.69) is 32.2 Å². The summed E-state index contributed by atoms with van der Waals surface area (Å²) in [4.78, 5) is 24.4. The molecule has 3 rings (SSSR count). The van der Waals surface area contributed by atoms with Gasteiger partial charge in [-0.2, -0.15) is 0 Å². The molecule has 2 aromatic rings. The minimum atomic E-state index is -0.196. The highest BCUT2D eigenvalue weighted by atomic mass is 16.1. The highest BCUT2D eigenvalue weighted by Gasteiger charge is 2.14. The maximum atomic E-state index is 11.2. The van der Waals surface area contributed by atoms with Gasteiger partial charge in [-0.1, -0.05) is 31.9 Å².